The second-order valence-corrected chi connectivity index (χ2v) is 5.70. The molecule has 5 nitrogen and oxygen atoms in total. The molecule has 6 heteroatoms. The topological polar surface area (TPSA) is 72.0 Å². The maximum Gasteiger partial charge on any atom is 0.251 e. The number of carbonyl (C=O) groups is 1. The van der Waals surface area contributed by atoms with Crippen LogP contribution >= 0.6 is 11.8 Å². The fourth-order valence-electron chi connectivity index (χ4n) is 1.95. The molecule has 0 spiro atoms. The summed E-state index contributed by atoms with van der Waals surface area (Å²) in [5.41, 5.74) is 1.15. The number of aromatic nitrogens is 2. The first-order chi connectivity index (χ1) is 10.6. The minimum atomic E-state index is -0.185. The fraction of sp³-hybridized carbons (Fsp3) is 0.312. The number of benzene rings is 1. The molecular formula is C16H18N2O3S. The van der Waals surface area contributed by atoms with Gasteiger partial charge in [0.15, 0.2) is 10.9 Å². The first kappa shape index (κ1) is 16.3. The Morgan fingerprint density at radius 1 is 1.36 bits per heavy atom. The van der Waals surface area contributed by atoms with E-state index >= 15 is 0 Å². The average molecular weight is 318 g/mol. The lowest BCUT2D eigenvalue weighted by Gasteiger charge is -2.05. The predicted octanol–water partition coefficient (Wildman–Crippen LogP) is 2.71. The van der Waals surface area contributed by atoms with Crippen LogP contribution in [0.5, 0.6) is 5.75 Å². The Bertz CT molecular complexity index is 713. The fourth-order valence-corrected chi connectivity index (χ4v) is 2.74. The zero-order valence-electron chi connectivity index (χ0n) is 12.6. The van der Waals surface area contributed by atoms with Gasteiger partial charge in [-0.25, -0.2) is 4.98 Å². The number of aryl methyl sites for hydroxylation is 1. The van der Waals surface area contributed by atoms with Crippen LogP contribution in [0.15, 0.2) is 40.3 Å². The van der Waals surface area contributed by atoms with Gasteiger partial charge < -0.3 is 9.72 Å². The van der Waals surface area contributed by atoms with Gasteiger partial charge in [-0.3, -0.25) is 9.59 Å². The van der Waals surface area contributed by atoms with E-state index in [1.807, 2.05) is 6.92 Å². The Kier molecular flexibility index (Phi) is 5.77. The zero-order chi connectivity index (χ0) is 15.9. The van der Waals surface area contributed by atoms with Gasteiger partial charge in [0, 0.05) is 17.3 Å². The van der Waals surface area contributed by atoms with Crippen LogP contribution in [0.4, 0.5) is 0 Å². The van der Waals surface area contributed by atoms with Gasteiger partial charge in [-0.2, -0.15) is 0 Å². The molecule has 0 amide bonds. The summed E-state index contributed by atoms with van der Waals surface area (Å²) in [5.74, 6) is 0.825. The molecule has 0 fully saturated rings. The van der Waals surface area contributed by atoms with Crippen LogP contribution < -0.4 is 10.3 Å². The number of methoxy groups -OCH3 is 1. The Labute approximate surface area is 133 Å². The lowest BCUT2D eigenvalue weighted by atomic mass is 10.1. The minimum Gasteiger partial charge on any atom is -0.497 e. The maximum atomic E-state index is 12.2. The lowest BCUT2D eigenvalue weighted by molar-refractivity contribution is 0.102. The zero-order valence-corrected chi connectivity index (χ0v) is 13.4. The third-order valence-corrected chi connectivity index (χ3v) is 3.88. The number of rotatable bonds is 7. The van der Waals surface area contributed by atoms with E-state index in [9.17, 15) is 9.59 Å². The van der Waals surface area contributed by atoms with Crippen LogP contribution in [0.2, 0.25) is 0 Å². The Morgan fingerprint density at radius 3 is 2.91 bits per heavy atom. The third-order valence-electron chi connectivity index (χ3n) is 3.01. The van der Waals surface area contributed by atoms with E-state index < -0.39 is 0 Å². The summed E-state index contributed by atoms with van der Waals surface area (Å²) in [6.45, 7) is 2.03. The molecule has 0 saturated heterocycles. The van der Waals surface area contributed by atoms with Crippen LogP contribution in [-0.4, -0.2) is 28.6 Å². The molecule has 0 saturated carbocycles. The molecule has 1 aromatic heterocycles. The molecule has 1 aromatic carbocycles. The second-order valence-electron chi connectivity index (χ2n) is 4.74. The van der Waals surface area contributed by atoms with E-state index in [2.05, 4.69) is 9.97 Å². The number of carbonyl (C=O) groups excluding carboxylic acids is 1. The van der Waals surface area contributed by atoms with Gasteiger partial charge in [0.1, 0.15) is 5.75 Å². The van der Waals surface area contributed by atoms with Gasteiger partial charge in [0.2, 0.25) is 0 Å². The van der Waals surface area contributed by atoms with E-state index in [4.69, 9.17) is 4.74 Å². The van der Waals surface area contributed by atoms with Gasteiger partial charge in [-0.15, -0.1) is 0 Å². The monoisotopic (exact) mass is 318 g/mol. The van der Waals surface area contributed by atoms with Crippen LogP contribution in [0.1, 0.15) is 29.4 Å². The standard InChI is InChI=1S/C16H18N2O3S/c1-3-5-12-9-15(20)18-16(17-12)22-10-14(19)11-6-4-7-13(8-11)21-2/h4,6-9H,3,5,10H2,1-2H3,(H,17,18,20). The highest BCUT2D eigenvalue weighted by atomic mass is 32.2. The van der Waals surface area contributed by atoms with E-state index in [-0.39, 0.29) is 17.1 Å². The summed E-state index contributed by atoms with van der Waals surface area (Å²) in [6.07, 6.45) is 1.67. The van der Waals surface area contributed by atoms with Crippen molar-refractivity contribution >= 4 is 17.5 Å². The highest BCUT2D eigenvalue weighted by Gasteiger charge is 2.09. The normalized spacial score (nSPS) is 10.5. The largest absolute Gasteiger partial charge is 0.497 e. The number of hydrogen-bond acceptors (Lipinski definition) is 5. The SMILES string of the molecule is CCCc1cc(=O)[nH]c(SCC(=O)c2cccc(OC)c2)n1. The molecule has 0 aliphatic heterocycles. The van der Waals surface area contributed by atoms with Crippen LogP contribution in [0.3, 0.4) is 0 Å². The van der Waals surface area contributed by atoms with Gasteiger partial charge in [-0.05, 0) is 18.6 Å². The number of H-pyrrole nitrogens is 1. The first-order valence-electron chi connectivity index (χ1n) is 7.02. The maximum absolute atomic E-state index is 12.2. The van der Waals surface area contributed by atoms with Crippen molar-refractivity contribution in [2.24, 2.45) is 0 Å². The van der Waals surface area contributed by atoms with Gasteiger partial charge in [0.05, 0.1) is 12.9 Å². The Morgan fingerprint density at radius 2 is 2.18 bits per heavy atom. The number of ether oxygens (including phenoxy) is 1. The van der Waals surface area contributed by atoms with Crippen LogP contribution in [0, 0.1) is 0 Å². The van der Waals surface area contributed by atoms with Crippen molar-refractivity contribution < 1.29 is 9.53 Å². The van der Waals surface area contributed by atoms with Gasteiger partial charge in [0.25, 0.3) is 5.56 Å². The van der Waals surface area contributed by atoms with Crippen molar-refractivity contribution in [1.82, 2.24) is 9.97 Å². The van der Waals surface area contributed by atoms with Crippen molar-refractivity contribution in [2.45, 2.75) is 24.9 Å². The second kappa shape index (κ2) is 7.79. The smallest absolute Gasteiger partial charge is 0.251 e. The summed E-state index contributed by atoms with van der Waals surface area (Å²) < 4.78 is 5.11. The molecular weight excluding hydrogens is 300 g/mol. The molecule has 1 N–H and O–H groups in total. The number of nitrogens with one attached hydrogen (secondary N) is 1. The molecule has 2 rings (SSSR count). The number of nitrogens with zero attached hydrogens (tertiary/aromatic N) is 1. The van der Waals surface area contributed by atoms with Crippen molar-refractivity contribution in [3.05, 3.63) is 51.9 Å². The molecule has 0 atom stereocenters. The van der Waals surface area contributed by atoms with E-state index in [1.165, 1.54) is 17.8 Å². The van der Waals surface area contributed by atoms with E-state index in [1.54, 1.807) is 31.4 Å². The highest BCUT2D eigenvalue weighted by molar-refractivity contribution is 7.99. The van der Waals surface area contributed by atoms with Crippen molar-refractivity contribution in [3.8, 4) is 5.75 Å². The molecule has 22 heavy (non-hydrogen) atoms. The Balaban J connectivity index is 2.05. The van der Waals surface area contributed by atoms with Crippen LogP contribution in [0.25, 0.3) is 0 Å². The van der Waals surface area contributed by atoms with Crippen molar-refractivity contribution in [3.63, 3.8) is 0 Å². The summed E-state index contributed by atoms with van der Waals surface area (Å²) in [6, 6.07) is 8.51. The number of thioether (sulfide) groups is 1. The predicted molar refractivity (Wildman–Crippen MR) is 86.9 cm³/mol. The van der Waals surface area contributed by atoms with Gasteiger partial charge in [-0.1, -0.05) is 37.2 Å². The highest BCUT2D eigenvalue weighted by Crippen LogP contribution is 2.17. The molecule has 0 bridgehead atoms. The third kappa shape index (κ3) is 4.46. The molecule has 0 aliphatic carbocycles. The molecule has 116 valence electrons. The number of ketones is 1. The quantitative estimate of drug-likeness (QED) is 0.483. The summed E-state index contributed by atoms with van der Waals surface area (Å²) in [4.78, 5) is 30.8. The summed E-state index contributed by atoms with van der Waals surface area (Å²) >= 11 is 1.23. The molecule has 0 unspecified atom stereocenters. The first-order valence-corrected chi connectivity index (χ1v) is 8.01. The number of Topliss-reactive ketones (excluding diaryl/α,β-unsaturated/α-hetero) is 1. The Hall–Kier alpha value is -2.08. The van der Waals surface area contributed by atoms with Crippen molar-refractivity contribution in [2.75, 3.05) is 12.9 Å². The molecule has 1 heterocycles. The van der Waals surface area contributed by atoms with E-state index in [0.717, 1.165) is 18.5 Å². The lowest BCUT2D eigenvalue weighted by Crippen LogP contribution is -2.11. The molecule has 0 radical (unpaired) electrons. The average Bonchev–Trinajstić information content (AvgIpc) is 2.52. The van der Waals surface area contributed by atoms with E-state index in [0.29, 0.717) is 16.5 Å². The van der Waals surface area contributed by atoms with Gasteiger partial charge >= 0.3 is 0 Å². The summed E-state index contributed by atoms with van der Waals surface area (Å²) in [5, 5.41) is 0.479. The summed E-state index contributed by atoms with van der Waals surface area (Å²) in [7, 11) is 1.56. The van der Waals surface area contributed by atoms with Crippen molar-refractivity contribution in [1.29, 1.82) is 0 Å². The van der Waals surface area contributed by atoms with Crippen LogP contribution in [-0.2, 0) is 6.42 Å². The number of hydrogen-bond donors (Lipinski definition) is 1. The number of aromatic amines is 1. The minimum absolute atomic E-state index is 0.0348. The molecule has 0 aliphatic rings. The molecule has 2 aromatic rings.